The molecule has 3 aromatic rings. The predicted octanol–water partition coefficient (Wildman–Crippen LogP) is 7.53. The van der Waals surface area contributed by atoms with Crippen molar-refractivity contribution in [2.24, 2.45) is 5.92 Å². The Morgan fingerprint density at radius 1 is 0.844 bits per heavy atom. The fraction of sp³-hybridized carbons (Fsp3) is 0.444. The van der Waals surface area contributed by atoms with Crippen LogP contribution in [-0.2, 0) is 19.3 Å². The van der Waals surface area contributed by atoms with Crippen LogP contribution < -0.4 is 9.47 Å². The minimum Gasteiger partial charge on any atom is -0.497 e. The van der Waals surface area contributed by atoms with Gasteiger partial charge in [0.05, 0.1) is 39.2 Å². The fourth-order valence-corrected chi connectivity index (χ4v) is 7.86. The summed E-state index contributed by atoms with van der Waals surface area (Å²) in [5.74, 6) is 1.42. The molecule has 1 amide bonds. The van der Waals surface area contributed by atoms with Crippen LogP contribution in [0, 0.1) is 17.2 Å². The number of carbonyl (C=O) groups is 1. The monoisotopic (exact) mass is 631 g/mol. The van der Waals surface area contributed by atoms with E-state index < -0.39 is 13.9 Å². The van der Waals surface area contributed by atoms with Crippen molar-refractivity contribution in [3.05, 3.63) is 95.6 Å². The van der Waals surface area contributed by atoms with Gasteiger partial charge in [0.25, 0.3) is 8.53 Å². The zero-order chi connectivity index (χ0) is 32.6. The number of ether oxygens (including phenoxy) is 2. The largest absolute Gasteiger partial charge is 0.497 e. The minimum atomic E-state index is -1.49. The minimum absolute atomic E-state index is 0.0547. The lowest BCUT2D eigenvalue weighted by Crippen LogP contribution is -2.62. The summed E-state index contributed by atoms with van der Waals surface area (Å²) >= 11 is 0. The van der Waals surface area contributed by atoms with Crippen LogP contribution in [0.1, 0.15) is 64.2 Å². The van der Waals surface area contributed by atoms with Crippen molar-refractivity contribution in [3.63, 3.8) is 0 Å². The molecule has 1 aliphatic heterocycles. The van der Waals surface area contributed by atoms with Gasteiger partial charge in [-0.3, -0.25) is 4.79 Å². The maximum absolute atomic E-state index is 13.5. The third kappa shape index (κ3) is 7.51. The molecule has 8 nitrogen and oxygen atoms in total. The first-order valence-electron chi connectivity index (χ1n) is 15.5. The Bertz CT molecular complexity index is 1350. The van der Waals surface area contributed by atoms with Gasteiger partial charge < -0.3 is 23.4 Å². The number of amides is 1. The molecule has 1 heterocycles. The maximum Gasteiger partial charge on any atom is 0.261 e. The third-order valence-electron chi connectivity index (χ3n) is 8.57. The molecular formula is C36H46N3O5P. The molecule has 3 atom stereocenters. The third-order valence-corrected chi connectivity index (χ3v) is 10.6. The summed E-state index contributed by atoms with van der Waals surface area (Å²) in [6, 6.07) is 29.3. The average molecular weight is 632 g/mol. The van der Waals surface area contributed by atoms with E-state index in [1.54, 1.807) is 14.2 Å². The highest BCUT2D eigenvalue weighted by molar-refractivity contribution is 7.44. The van der Waals surface area contributed by atoms with Crippen molar-refractivity contribution in [1.82, 2.24) is 9.57 Å². The van der Waals surface area contributed by atoms with Gasteiger partial charge in [0, 0.05) is 23.5 Å². The standard InChI is InChI=1S/C36H46N3O5P/c1-26(2)39(27(3)4)45(43-23-11-22-37)44-25-38-34(28(5)35(38)40)24-36(29-12-9-8-10-13-29,30-14-18-32(41-6)19-15-30)31-16-20-33(42-7)21-17-31/h8-10,12-21,26-28,34H,11,23-25H2,1-7H3. The van der Waals surface area contributed by atoms with Crippen molar-refractivity contribution in [3.8, 4) is 17.6 Å². The summed E-state index contributed by atoms with van der Waals surface area (Å²) in [5, 5.41) is 9.10. The van der Waals surface area contributed by atoms with Gasteiger partial charge in [-0.2, -0.15) is 5.26 Å². The molecule has 0 aliphatic carbocycles. The van der Waals surface area contributed by atoms with E-state index in [-0.39, 0.29) is 49.7 Å². The first kappa shape index (κ1) is 34.4. The molecule has 1 aliphatic rings. The van der Waals surface area contributed by atoms with E-state index in [1.807, 2.05) is 42.2 Å². The highest BCUT2D eigenvalue weighted by atomic mass is 31.2. The second-order valence-corrected chi connectivity index (χ2v) is 13.4. The summed E-state index contributed by atoms with van der Waals surface area (Å²) in [4.78, 5) is 15.3. The smallest absolute Gasteiger partial charge is 0.261 e. The van der Waals surface area contributed by atoms with Gasteiger partial charge in [-0.1, -0.05) is 61.5 Å². The van der Waals surface area contributed by atoms with E-state index in [0.29, 0.717) is 6.42 Å². The molecule has 0 bridgehead atoms. The van der Waals surface area contributed by atoms with Gasteiger partial charge in [-0.25, -0.2) is 4.67 Å². The van der Waals surface area contributed by atoms with Crippen molar-refractivity contribution < 1.29 is 23.3 Å². The number of β-lactam (4-membered cyclic amide) rings is 1. The second kappa shape index (κ2) is 15.7. The molecule has 0 radical (unpaired) electrons. The molecule has 9 heteroatoms. The number of benzene rings is 3. The zero-order valence-corrected chi connectivity index (χ0v) is 28.4. The van der Waals surface area contributed by atoms with Gasteiger partial charge >= 0.3 is 0 Å². The lowest BCUT2D eigenvalue weighted by atomic mass is 9.63. The van der Waals surface area contributed by atoms with Gasteiger partial charge in [0.1, 0.15) is 18.2 Å². The lowest BCUT2D eigenvalue weighted by Gasteiger charge is -2.50. The SMILES string of the molecule is COc1ccc(C(CC2C(C)C(=O)N2COP(OCCC#N)N(C(C)C)C(C)C)(c2ccccc2)c2ccc(OC)cc2)cc1. The Labute approximate surface area is 269 Å². The molecule has 3 aromatic carbocycles. The van der Waals surface area contributed by atoms with Gasteiger partial charge in [-0.15, -0.1) is 0 Å². The van der Waals surface area contributed by atoms with Crippen molar-refractivity contribution in [1.29, 1.82) is 5.26 Å². The molecular weight excluding hydrogens is 585 g/mol. The fourth-order valence-electron chi connectivity index (χ4n) is 6.29. The number of hydrogen-bond donors (Lipinski definition) is 0. The molecule has 45 heavy (non-hydrogen) atoms. The maximum atomic E-state index is 13.5. The number of likely N-dealkylation sites (tertiary alicyclic amines) is 1. The van der Waals surface area contributed by atoms with Crippen LogP contribution in [0.5, 0.6) is 11.5 Å². The highest BCUT2D eigenvalue weighted by Crippen LogP contribution is 2.50. The summed E-state index contributed by atoms with van der Waals surface area (Å²) < 4.78 is 25.8. The number of hydrogen-bond acceptors (Lipinski definition) is 7. The van der Waals surface area contributed by atoms with Crippen LogP contribution in [0.25, 0.3) is 0 Å². The predicted molar refractivity (Wildman–Crippen MR) is 178 cm³/mol. The lowest BCUT2D eigenvalue weighted by molar-refractivity contribution is -0.162. The average Bonchev–Trinajstić information content (AvgIpc) is 3.06. The summed E-state index contributed by atoms with van der Waals surface area (Å²) in [7, 11) is 1.85. The van der Waals surface area contributed by atoms with E-state index in [2.05, 4.69) is 87.0 Å². The molecule has 1 saturated heterocycles. The Hall–Kier alpha value is -3.47. The van der Waals surface area contributed by atoms with Crippen LogP contribution in [0.3, 0.4) is 0 Å². The van der Waals surface area contributed by atoms with Crippen LogP contribution in [-0.4, -0.2) is 61.2 Å². The normalized spacial score (nSPS) is 17.4. The summed E-state index contributed by atoms with van der Waals surface area (Å²) in [6.45, 7) is 10.8. The Kier molecular flexibility index (Phi) is 12.0. The Balaban J connectivity index is 1.74. The van der Waals surface area contributed by atoms with Crippen molar-refractivity contribution >= 4 is 14.4 Å². The Morgan fingerprint density at radius 3 is 1.82 bits per heavy atom. The van der Waals surface area contributed by atoms with E-state index >= 15 is 0 Å². The second-order valence-electron chi connectivity index (χ2n) is 11.9. The molecule has 3 unspecified atom stereocenters. The number of nitriles is 1. The Morgan fingerprint density at radius 2 is 1.36 bits per heavy atom. The zero-order valence-electron chi connectivity index (χ0n) is 27.5. The van der Waals surface area contributed by atoms with E-state index in [0.717, 1.165) is 28.2 Å². The molecule has 0 aromatic heterocycles. The number of nitrogens with zero attached hydrogens (tertiary/aromatic N) is 3. The number of rotatable bonds is 16. The van der Waals surface area contributed by atoms with Crippen molar-refractivity contribution in [2.75, 3.05) is 27.6 Å². The van der Waals surface area contributed by atoms with Crippen molar-refractivity contribution in [2.45, 2.75) is 71.0 Å². The van der Waals surface area contributed by atoms with Gasteiger partial charge in [0.15, 0.2) is 0 Å². The summed E-state index contributed by atoms with van der Waals surface area (Å²) in [6.07, 6.45) is 0.912. The topological polar surface area (TPSA) is 84.3 Å². The van der Waals surface area contributed by atoms with Crippen LogP contribution in [0.4, 0.5) is 0 Å². The van der Waals surface area contributed by atoms with E-state index in [1.165, 1.54) is 0 Å². The molecule has 1 fully saturated rings. The van der Waals surface area contributed by atoms with Gasteiger partial charge in [-0.05, 0) is 75.1 Å². The molecule has 4 rings (SSSR count). The quantitative estimate of drug-likeness (QED) is 0.0700. The van der Waals surface area contributed by atoms with Crippen LogP contribution in [0.2, 0.25) is 0 Å². The number of methoxy groups -OCH3 is 2. The van der Waals surface area contributed by atoms with Crippen LogP contribution in [0.15, 0.2) is 78.9 Å². The van der Waals surface area contributed by atoms with E-state index in [4.69, 9.17) is 23.8 Å². The first-order chi connectivity index (χ1) is 21.7. The number of carbonyl (C=O) groups excluding carboxylic acids is 1. The first-order valence-corrected chi connectivity index (χ1v) is 16.7. The highest BCUT2D eigenvalue weighted by Gasteiger charge is 2.50. The van der Waals surface area contributed by atoms with E-state index in [9.17, 15) is 4.79 Å². The molecule has 0 N–H and O–H groups in total. The molecule has 0 spiro atoms. The van der Waals surface area contributed by atoms with Gasteiger partial charge in [0.2, 0.25) is 5.91 Å². The summed E-state index contributed by atoms with van der Waals surface area (Å²) in [5.41, 5.74) is 2.73. The van der Waals surface area contributed by atoms with Crippen LogP contribution >= 0.6 is 8.53 Å². The molecule has 240 valence electrons. The molecule has 0 saturated carbocycles.